The fourth-order valence-corrected chi connectivity index (χ4v) is 4.34. The number of hydrogen-bond acceptors (Lipinski definition) is 5. The van der Waals surface area contributed by atoms with E-state index in [0.717, 1.165) is 22.0 Å². The highest BCUT2D eigenvalue weighted by Crippen LogP contribution is 2.24. The molecule has 1 aromatic heterocycles. The van der Waals surface area contributed by atoms with E-state index in [4.69, 9.17) is 0 Å². The molecule has 192 valence electrons. The molecule has 0 aliphatic rings. The van der Waals surface area contributed by atoms with Crippen LogP contribution in [0.4, 0.5) is 11.4 Å². The Bertz CT molecular complexity index is 1620. The third kappa shape index (κ3) is 5.88. The van der Waals surface area contributed by atoms with Gasteiger partial charge in [-0.25, -0.2) is 9.97 Å². The van der Waals surface area contributed by atoms with E-state index >= 15 is 0 Å². The van der Waals surface area contributed by atoms with Crippen molar-refractivity contribution in [2.24, 2.45) is 0 Å². The van der Waals surface area contributed by atoms with Crippen LogP contribution in [0.15, 0.2) is 116 Å². The lowest BCUT2D eigenvalue weighted by Crippen LogP contribution is -2.32. The van der Waals surface area contributed by atoms with Gasteiger partial charge >= 0.3 is 0 Å². The molecule has 0 atom stereocenters. The molecule has 0 radical (unpaired) electrons. The first kappa shape index (κ1) is 25.5. The number of rotatable bonds is 8. The summed E-state index contributed by atoms with van der Waals surface area (Å²) < 4.78 is 0. The third-order valence-electron chi connectivity index (χ3n) is 6.46. The molecule has 4 aromatic carbocycles. The lowest BCUT2D eigenvalue weighted by atomic mass is 10.1. The number of amides is 2. The molecule has 0 unspecified atom stereocenters. The van der Waals surface area contributed by atoms with Gasteiger partial charge in [0, 0.05) is 36.4 Å². The minimum atomic E-state index is -0.458. The minimum absolute atomic E-state index is 0.00130. The molecular weight excluding hydrogens is 488 g/mol. The first-order valence-electron chi connectivity index (χ1n) is 12.5. The van der Waals surface area contributed by atoms with E-state index in [0.29, 0.717) is 11.3 Å². The summed E-state index contributed by atoms with van der Waals surface area (Å²) in [7, 11) is 1.72. The van der Waals surface area contributed by atoms with Gasteiger partial charge in [0.1, 0.15) is 0 Å². The smallest absolute Gasteiger partial charge is 0.258 e. The van der Waals surface area contributed by atoms with Gasteiger partial charge in [-0.3, -0.25) is 14.4 Å². The number of benzene rings is 4. The molecule has 39 heavy (non-hydrogen) atoms. The molecule has 5 aromatic rings. The van der Waals surface area contributed by atoms with Gasteiger partial charge in [0.2, 0.25) is 11.7 Å². The Labute approximate surface area is 226 Å². The van der Waals surface area contributed by atoms with E-state index in [-0.39, 0.29) is 30.6 Å². The van der Waals surface area contributed by atoms with Crippen molar-refractivity contribution in [3.63, 3.8) is 0 Å². The summed E-state index contributed by atoms with van der Waals surface area (Å²) in [5.74, 6) is -1.01. The topological polar surface area (TPSA) is 83.5 Å². The average Bonchev–Trinajstić information content (AvgIpc) is 3.00. The van der Waals surface area contributed by atoms with Gasteiger partial charge in [0.05, 0.1) is 13.0 Å². The highest BCUT2D eigenvalue weighted by atomic mass is 16.2. The standard InChI is InChI=1S/C32H26N4O3/c1-35(27-10-3-2-4-11-27)32(39)25-14-16-28(17-15-25)36(30(38)21-29(37)31-33-18-7-19-34-31)22-23-12-13-24-8-5-6-9-26(24)20-23/h2-20H,21-22H2,1H3. The summed E-state index contributed by atoms with van der Waals surface area (Å²) in [5, 5.41) is 2.15. The van der Waals surface area contributed by atoms with Crippen molar-refractivity contribution in [1.82, 2.24) is 9.97 Å². The Morgan fingerprint density at radius 1 is 0.692 bits per heavy atom. The van der Waals surface area contributed by atoms with Gasteiger partial charge in [-0.05, 0) is 64.9 Å². The number of aromatic nitrogens is 2. The highest BCUT2D eigenvalue weighted by molar-refractivity contribution is 6.11. The maximum Gasteiger partial charge on any atom is 0.258 e. The molecule has 0 aliphatic carbocycles. The highest BCUT2D eigenvalue weighted by Gasteiger charge is 2.22. The van der Waals surface area contributed by atoms with Crippen LogP contribution in [0.3, 0.4) is 0 Å². The Kier molecular flexibility index (Phi) is 7.50. The largest absolute Gasteiger partial charge is 0.311 e. The van der Waals surface area contributed by atoms with Crippen molar-refractivity contribution in [3.05, 3.63) is 132 Å². The normalized spacial score (nSPS) is 10.7. The zero-order valence-corrected chi connectivity index (χ0v) is 21.4. The van der Waals surface area contributed by atoms with Crippen LogP contribution < -0.4 is 9.80 Å². The molecule has 7 heteroatoms. The second-order valence-corrected chi connectivity index (χ2v) is 9.08. The van der Waals surface area contributed by atoms with Crippen LogP contribution >= 0.6 is 0 Å². The molecule has 0 bridgehead atoms. The predicted molar refractivity (Wildman–Crippen MR) is 152 cm³/mol. The lowest BCUT2D eigenvalue weighted by molar-refractivity contribution is -0.117. The van der Waals surface area contributed by atoms with Crippen LogP contribution in [-0.4, -0.2) is 34.6 Å². The van der Waals surface area contributed by atoms with Crippen molar-refractivity contribution in [2.75, 3.05) is 16.8 Å². The molecule has 0 N–H and O–H groups in total. The van der Waals surface area contributed by atoms with Gasteiger partial charge in [0.15, 0.2) is 5.82 Å². The Balaban J connectivity index is 1.42. The Hall–Kier alpha value is -5.17. The summed E-state index contributed by atoms with van der Waals surface area (Å²) in [4.78, 5) is 50.4. The zero-order valence-electron chi connectivity index (χ0n) is 21.4. The molecule has 0 saturated heterocycles. The second-order valence-electron chi connectivity index (χ2n) is 9.08. The van der Waals surface area contributed by atoms with Crippen molar-refractivity contribution in [2.45, 2.75) is 13.0 Å². The first-order valence-corrected chi connectivity index (χ1v) is 12.5. The lowest BCUT2D eigenvalue weighted by Gasteiger charge is -2.24. The number of ketones is 1. The van der Waals surface area contributed by atoms with E-state index < -0.39 is 5.78 Å². The molecule has 0 spiro atoms. The summed E-state index contributed by atoms with van der Waals surface area (Å²) in [6.07, 6.45) is 2.56. The summed E-state index contributed by atoms with van der Waals surface area (Å²) in [6.45, 7) is 0.254. The molecule has 1 heterocycles. The molecule has 0 fully saturated rings. The number of nitrogens with zero attached hydrogens (tertiary/aromatic N) is 4. The predicted octanol–water partition coefficient (Wildman–Crippen LogP) is 5.71. The quantitative estimate of drug-likeness (QED) is 0.196. The van der Waals surface area contributed by atoms with Gasteiger partial charge in [-0.15, -0.1) is 0 Å². The number of hydrogen-bond donors (Lipinski definition) is 0. The van der Waals surface area contributed by atoms with Crippen LogP contribution in [-0.2, 0) is 11.3 Å². The van der Waals surface area contributed by atoms with Gasteiger partial charge in [-0.2, -0.15) is 0 Å². The van der Waals surface area contributed by atoms with Crippen LogP contribution in [0.5, 0.6) is 0 Å². The first-order chi connectivity index (χ1) is 19.0. The van der Waals surface area contributed by atoms with Crippen molar-refractivity contribution >= 4 is 39.7 Å². The average molecular weight is 515 g/mol. The minimum Gasteiger partial charge on any atom is -0.311 e. The number of Topliss-reactive ketones (excluding diaryl/α,β-unsaturated/α-hetero) is 1. The monoisotopic (exact) mass is 514 g/mol. The van der Waals surface area contributed by atoms with E-state index in [1.54, 1.807) is 47.2 Å². The van der Waals surface area contributed by atoms with Crippen molar-refractivity contribution in [1.29, 1.82) is 0 Å². The molecular formula is C32H26N4O3. The number of para-hydroxylation sites is 1. The van der Waals surface area contributed by atoms with Crippen LogP contribution in [0.1, 0.15) is 33.0 Å². The summed E-state index contributed by atoms with van der Waals surface area (Å²) >= 11 is 0. The number of carbonyl (C=O) groups excluding carboxylic acids is 3. The van der Waals surface area contributed by atoms with Crippen molar-refractivity contribution < 1.29 is 14.4 Å². The zero-order chi connectivity index (χ0) is 27.2. The van der Waals surface area contributed by atoms with Gasteiger partial charge < -0.3 is 9.80 Å². The number of fused-ring (bicyclic) bond motifs is 1. The van der Waals surface area contributed by atoms with E-state index in [1.165, 1.54) is 12.4 Å². The SMILES string of the molecule is CN(C(=O)c1ccc(N(Cc2ccc3ccccc3c2)C(=O)CC(=O)c2ncccn2)cc1)c1ccccc1. The van der Waals surface area contributed by atoms with E-state index in [2.05, 4.69) is 9.97 Å². The maximum absolute atomic E-state index is 13.5. The molecule has 0 aliphatic heterocycles. The molecule has 0 saturated carbocycles. The van der Waals surface area contributed by atoms with Crippen LogP contribution in [0, 0.1) is 0 Å². The van der Waals surface area contributed by atoms with Gasteiger partial charge in [-0.1, -0.05) is 54.6 Å². The van der Waals surface area contributed by atoms with Gasteiger partial charge in [0.25, 0.3) is 5.91 Å². The second kappa shape index (κ2) is 11.5. The fourth-order valence-electron chi connectivity index (χ4n) is 4.34. The number of carbonyl (C=O) groups is 3. The van der Waals surface area contributed by atoms with E-state index in [1.807, 2.05) is 72.8 Å². The molecule has 7 nitrogen and oxygen atoms in total. The summed E-state index contributed by atoms with van der Waals surface area (Å²) in [6, 6.07) is 31.8. The van der Waals surface area contributed by atoms with Crippen LogP contribution in [0.25, 0.3) is 10.8 Å². The summed E-state index contributed by atoms with van der Waals surface area (Å²) in [5.41, 5.74) is 2.75. The number of anilines is 2. The van der Waals surface area contributed by atoms with E-state index in [9.17, 15) is 14.4 Å². The maximum atomic E-state index is 13.5. The Morgan fingerprint density at radius 3 is 2.08 bits per heavy atom. The van der Waals surface area contributed by atoms with Crippen molar-refractivity contribution in [3.8, 4) is 0 Å². The van der Waals surface area contributed by atoms with Crippen LogP contribution in [0.2, 0.25) is 0 Å². The fraction of sp³-hybridized carbons (Fsp3) is 0.0938. The Morgan fingerprint density at radius 2 is 1.36 bits per heavy atom. The third-order valence-corrected chi connectivity index (χ3v) is 6.46. The molecule has 5 rings (SSSR count). The molecule has 2 amide bonds.